The molecule has 2 rings (SSSR count). The van der Waals surface area contributed by atoms with Gasteiger partial charge in [0.25, 0.3) is 5.91 Å². The standard InChI is InChI=1S/C18H25ClN4O3S/c1-4-7-12-23-17(10-11-20-23)21-18(24)14-8-9-15(19)16(13-14)27(25,26)22(5-2)6-3/h8-11,13H,4-7,12H2,1-3H3,(H,21,24). The number of hydrogen-bond acceptors (Lipinski definition) is 4. The minimum atomic E-state index is -3.77. The molecule has 2 aromatic rings. The third kappa shape index (κ3) is 4.88. The number of carbonyl (C=O) groups is 1. The van der Waals surface area contributed by atoms with Gasteiger partial charge in [0, 0.05) is 31.3 Å². The maximum Gasteiger partial charge on any atom is 0.256 e. The molecule has 0 saturated heterocycles. The number of halogens is 1. The van der Waals surface area contributed by atoms with E-state index in [0.717, 1.165) is 12.8 Å². The van der Waals surface area contributed by atoms with Crippen molar-refractivity contribution in [3.8, 4) is 0 Å². The van der Waals surface area contributed by atoms with E-state index < -0.39 is 15.9 Å². The van der Waals surface area contributed by atoms with Gasteiger partial charge in [0.05, 0.1) is 11.2 Å². The van der Waals surface area contributed by atoms with E-state index in [1.807, 2.05) is 0 Å². The first kappa shape index (κ1) is 21.4. The lowest BCUT2D eigenvalue weighted by molar-refractivity contribution is 0.102. The summed E-state index contributed by atoms with van der Waals surface area (Å²) in [6.07, 6.45) is 3.57. The molecule has 0 fully saturated rings. The van der Waals surface area contributed by atoms with Gasteiger partial charge in [-0.25, -0.2) is 13.1 Å². The minimum Gasteiger partial charge on any atom is -0.307 e. The molecule has 1 aromatic carbocycles. The molecular formula is C18H25ClN4O3S. The van der Waals surface area contributed by atoms with Crippen LogP contribution < -0.4 is 5.32 Å². The van der Waals surface area contributed by atoms with Gasteiger partial charge in [-0.2, -0.15) is 9.40 Å². The van der Waals surface area contributed by atoms with Crippen molar-refractivity contribution in [3.05, 3.63) is 41.0 Å². The van der Waals surface area contributed by atoms with Crippen LogP contribution in [0.25, 0.3) is 0 Å². The first-order valence-corrected chi connectivity index (χ1v) is 10.8. The van der Waals surface area contributed by atoms with Crippen LogP contribution in [-0.4, -0.2) is 41.5 Å². The van der Waals surface area contributed by atoms with Crippen LogP contribution in [0.2, 0.25) is 5.02 Å². The summed E-state index contributed by atoms with van der Waals surface area (Å²) in [7, 11) is -3.77. The predicted molar refractivity (Wildman–Crippen MR) is 107 cm³/mol. The van der Waals surface area contributed by atoms with Crippen molar-refractivity contribution in [3.63, 3.8) is 0 Å². The lowest BCUT2D eigenvalue weighted by Gasteiger charge is -2.19. The molecule has 9 heteroatoms. The van der Waals surface area contributed by atoms with Crippen LogP contribution in [0.3, 0.4) is 0 Å². The number of benzene rings is 1. The smallest absolute Gasteiger partial charge is 0.256 e. The van der Waals surface area contributed by atoms with Crippen LogP contribution in [0.5, 0.6) is 0 Å². The summed E-state index contributed by atoms with van der Waals surface area (Å²) in [6, 6.07) is 5.96. The fourth-order valence-corrected chi connectivity index (χ4v) is 4.62. The van der Waals surface area contributed by atoms with Gasteiger partial charge < -0.3 is 5.32 Å². The summed E-state index contributed by atoms with van der Waals surface area (Å²) in [4.78, 5) is 12.6. The Labute approximate surface area is 165 Å². The highest BCUT2D eigenvalue weighted by Crippen LogP contribution is 2.26. The van der Waals surface area contributed by atoms with Crippen molar-refractivity contribution < 1.29 is 13.2 Å². The molecule has 1 N–H and O–H groups in total. The highest BCUT2D eigenvalue weighted by Gasteiger charge is 2.25. The molecule has 0 atom stereocenters. The van der Waals surface area contributed by atoms with E-state index in [1.165, 1.54) is 22.5 Å². The average Bonchev–Trinajstić information content (AvgIpc) is 3.07. The largest absolute Gasteiger partial charge is 0.307 e. The maximum atomic E-state index is 12.8. The summed E-state index contributed by atoms with van der Waals surface area (Å²) in [5.74, 6) is 0.150. The van der Waals surface area contributed by atoms with E-state index in [-0.39, 0.29) is 15.5 Å². The van der Waals surface area contributed by atoms with Crippen LogP contribution in [0.4, 0.5) is 5.82 Å². The highest BCUT2D eigenvalue weighted by molar-refractivity contribution is 7.89. The van der Waals surface area contributed by atoms with Gasteiger partial charge in [0.2, 0.25) is 10.0 Å². The zero-order valence-electron chi connectivity index (χ0n) is 15.8. The number of amides is 1. The number of nitrogens with zero attached hydrogens (tertiary/aromatic N) is 3. The number of sulfonamides is 1. The third-order valence-corrected chi connectivity index (χ3v) is 6.73. The van der Waals surface area contributed by atoms with Gasteiger partial charge in [-0.05, 0) is 24.6 Å². The quantitative estimate of drug-likeness (QED) is 0.681. The van der Waals surface area contributed by atoms with Crippen LogP contribution in [0, 0.1) is 0 Å². The molecule has 27 heavy (non-hydrogen) atoms. The maximum absolute atomic E-state index is 12.8. The Morgan fingerprint density at radius 2 is 1.93 bits per heavy atom. The highest BCUT2D eigenvalue weighted by atomic mass is 35.5. The molecule has 1 aromatic heterocycles. The van der Waals surface area contributed by atoms with Crippen molar-refractivity contribution in [1.82, 2.24) is 14.1 Å². The number of nitrogens with one attached hydrogen (secondary N) is 1. The summed E-state index contributed by atoms with van der Waals surface area (Å²) in [6.45, 7) is 6.92. The molecule has 0 aliphatic rings. The van der Waals surface area contributed by atoms with Crippen LogP contribution >= 0.6 is 11.6 Å². The zero-order chi connectivity index (χ0) is 20.0. The van der Waals surface area contributed by atoms with Gasteiger partial charge >= 0.3 is 0 Å². The molecule has 0 saturated carbocycles. The lowest BCUT2D eigenvalue weighted by atomic mass is 10.2. The Hall–Kier alpha value is -1.90. The van der Waals surface area contributed by atoms with Crippen LogP contribution in [0.15, 0.2) is 35.4 Å². The average molecular weight is 413 g/mol. The van der Waals surface area contributed by atoms with E-state index in [1.54, 1.807) is 30.8 Å². The molecule has 0 aliphatic heterocycles. The number of anilines is 1. The molecule has 0 aliphatic carbocycles. The SMILES string of the molecule is CCCCn1nccc1NC(=O)c1ccc(Cl)c(S(=O)(=O)N(CC)CC)c1. The molecule has 1 heterocycles. The normalized spacial score (nSPS) is 11.7. The van der Waals surface area contributed by atoms with Crippen molar-refractivity contribution >= 4 is 33.3 Å². The van der Waals surface area contributed by atoms with Crippen molar-refractivity contribution in [2.75, 3.05) is 18.4 Å². The van der Waals surface area contributed by atoms with Gasteiger partial charge in [-0.3, -0.25) is 4.79 Å². The predicted octanol–water partition coefficient (Wildman–Crippen LogP) is 3.62. The van der Waals surface area contributed by atoms with E-state index in [9.17, 15) is 13.2 Å². The monoisotopic (exact) mass is 412 g/mol. The zero-order valence-corrected chi connectivity index (χ0v) is 17.3. The van der Waals surface area contributed by atoms with E-state index in [0.29, 0.717) is 25.5 Å². The third-order valence-electron chi connectivity index (χ3n) is 4.20. The molecule has 7 nitrogen and oxygen atoms in total. The van der Waals surface area contributed by atoms with E-state index in [2.05, 4.69) is 17.3 Å². The molecule has 0 spiro atoms. The first-order valence-electron chi connectivity index (χ1n) is 8.97. The Kier molecular flexibility index (Phi) is 7.41. The Morgan fingerprint density at radius 1 is 1.22 bits per heavy atom. The molecule has 1 amide bonds. The first-order chi connectivity index (χ1) is 12.8. The number of hydrogen-bond donors (Lipinski definition) is 1. The summed E-state index contributed by atoms with van der Waals surface area (Å²) < 4.78 is 28.6. The Bertz CT molecular complexity index is 892. The second-order valence-electron chi connectivity index (χ2n) is 5.98. The van der Waals surface area contributed by atoms with Gasteiger partial charge in [-0.1, -0.05) is 38.8 Å². The summed E-state index contributed by atoms with van der Waals surface area (Å²) in [5, 5.41) is 7.07. The second kappa shape index (κ2) is 9.34. The number of aromatic nitrogens is 2. The fourth-order valence-electron chi connectivity index (χ4n) is 2.66. The van der Waals surface area contributed by atoms with Crippen LogP contribution in [-0.2, 0) is 16.6 Å². The van der Waals surface area contributed by atoms with Gasteiger partial charge in [-0.15, -0.1) is 0 Å². The van der Waals surface area contributed by atoms with Crippen molar-refractivity contribution in [2.24, 2.45) is 0 Å². The van der Waals surface area contributed by atoms with Crippen LogP contribution in [0.1, 0.15) is 44.0 Å². The van der Waals surface area contributed by atoms with Gasteiger partial charge in [0.1, 0.15) is 10.7 Å². The molecule has 148 valence electrons. The molecule has 0 unspecified atom stereocenters. The topological polar surface area (TPSA) is 84.3 Å². The fraction of sp³-hybridized carbons (Fsp3) is 0.444. The second-order valence-corrected chi connectivity index (χ2v) is 8.30. The number of rotatable bonds is 9. The van der Waals surface area contributed by atoms with Crippen molar-refractivity contribution in [2.45, 2.75) is 45.1 Å². The van der Waals surface area contributed by atoms with E-state index in [4.69, 9.17) is 11.6 Å². The minimum absolute atomic E-state index is 0.0694. The molecule has 0 bridgehead atoms. The number of unbranched alkanes of at least 4 members (excludes halogenated alkanes) is 1. The molecular weight excluding hydrogens is 388 g/mol. The van der Waals surface area contributed by atoms with Crippen molar-refractivity contribution in [1.29, 1.82) is 0 Å². The number of carbonyl (C=O) groups excluding carboxylic acids is 1. The summed E-state index contributed by atoms with van der Waals surface area (Å²) >= 11 is 6.12. The lowest BCUT2D eigenvalue weighted by Crippen LogP contribution is -2.31. The Balaban J connectivity index is 2.30. The Morgan fingerprint density at radius 3 is 2.56 bits per heavy atom. The van der Waals surface area contributed by atoms with E-state index >= 15 is 0 Å². The molecule has 0 radical (unpaired) electrons. The number of aryl methyl sites for hydroxylation is 1. The van der Waals surface area contributed by atoms with Gasteiger partial charge in [0.15, 0.2) is 0 Å². The summed E-state index contributed by atoms with van der Waals surface area (Å²) in [5.41, 5.74) is 0.216.